The van der Waals surface area contributed by atoms with Gasteiger partial charge in [0, 0.05) is 13.1 Å². The van der Waals surface area contributed by atoms with Crippen LogP contribution in [0.1, 0.15) is 32.3 Å². The molecule has 1 aromatic carbocycles. The van der Waals surface area contributed by atoms with Crippen molar-refractivity contribution in [1.82, 2.24) is 9.80 Å². The number of benzene rings is 1. The Morgan fingerprint density at radius 2 is 1.91 bits per heavy atom. The molecule has 3 rings (SSSR count). The quantitative estimate of drug-likeness (QED) is 0.590. The van der Waals surface area contributed by atoms with Crippen molar-refractivity contribution in [1.29, 1.82) is 0 Å². The summed E-state index contributed by atoms with van der Waals surface area (Å²) in [6.45, 7) is 5.08. The Hall–Kier alpha value is -3.01. The van der Waals surface area contributed by atoms with Crippen molar-refractivity contribution in [2.45, 2.75) is 26.7 Å². The van der Waals surface area contributed by atoms with Gasteiger partial charge in [0.1, 0.15) is 6.54 Å². The average Bonchev–Trinajstić information content (AvgIpc) is 3.01. The number of nitrogens with zero attached hydrogens (tertiary/aromatic N) is 2. The predicted molar refractivity (Wildman–Crippen MR) is 120 cm³/mol. The molecule has 0 spiro atoms. The zero-order valence-corrected chi connectivity index (χ0v) is 19.0. The highest BCUT2D eigenvalue weighted by molar-refractivity contribution is 8.18. The van der Waals surface area contributed by atoms with Gasteiger partial charge in [0.15, 0.2) is 18.1 Å². The lowest BCUT2D eigenvalue weighted by molar-refractivity contribution is -0.136. The molecular weight excluding hydrogens is 434 g/mol. The van der Waals surface area contributed by atoms with E-state index in [9.17, 15) is 19.2 Å². The standard InChI is InChI=1S/C22H27N3O6S/c1-3-30-17-10-15(4-5-16(17)31-13-19(23)26)11-18-21(28)25(22(29)32-18)12-20(27)24-8-6-14(2)7-9-24/h4-5,10-11,14H,3,6-9,12-13H2,1-2H3,(H2,23,26)/b18-11-. The Bertz CT molecular complexity index is 940. The Morgan fingerprint density at radius 3 is 2.56 bits per heavy atom. The molecule has 2 N–H and O–H groups in total. The fraction of sp³-hybridized carbons (Fsp3) is 0.455. The van der Waals surface area contributed by atoms with E-state index in [0.717, 1.165) is 29.5 Å². The van der Waals surface area contributed by atoms with Gasteiger partial charge in [0.2, 0.25) is 5.91 Å². The predicted octanol–water partition coefficient (Wildman–Crippen LogP) is 2.24. The van der Waals surface area contributed by atoms with Crippen LogP contribution in [0.2, 0.25) is 0 Å². The number of ether oxygens (including phenoxy) is 2. The van der Waals surface area contributed by atoms with E-state index in [0.29, 0.717) is 42.7 Å². The molecule has 0 aromatic heterocycles. The van der Waals surface area contributed by atoms with Crippen LogP contribution in [-0.2, 0) is 14.4 Å². The van der Waals surface area contributed by atoms with Gasteiger partial charge in [-0.2, -0.15) is 0 Å². The molecule has 2 aliphatic rings. The Labute approximate surface area is 190 Å². The third-order valence-electron chi connectivity index (χ3n) is 5.24. The van der Waals surface area contributed by atoms with Gasteiger partial charge in [-0.1, -0.05) is 13.0 Å². The maximum atomic E-state index is 12.8. The monoisotopic (exact) mass is 461 g/mol. The number of carbonyl (C=O) groups is 4. The maximum Gasteiger partial charge on any atom is 0.294 e. The second-order valence-electron chi connectivity index (χ2n) is 7.73. The summed E-state index contributed by atoms with van der Waals surface area (Å²) in [6, 6.07) is 4.92. The van der Waals surface area contributed by atoms with Crippen LogP contribution in [0.25, 0.3) is 6.08 Å². The highest BCUT2D eigenvalue weighted by Gasteiger charge is 2.37. The summed E-state index contributed by atoms with van der Waals surface area (Å²) in [5.74, 6) is -0.0125. The van der Waals surface area contributed by atoms with Crippen molar-refractivity contribution in [3.8, 4) is 11.5 Å². The molecule has 2 fully saturated rings. The van der Waals surface area contributed by atoms with Gasteiger partial charge < -0.3 is 20.1 Å². The molecule has 1 aromatic rings. The van der Waals surface area contributed by atoms with Gasteiger partial charge in [-0.05, 0) is 61.2 Å². The van der Waals surface area contributed by atoms with Crippen LogP contribution in [-0.4, -0.2) is 65.6 Å². The third-order valence-corrected chi connectivity index (χ3v) is 6.15. The van der Waals surface area contributed by atoms with Crippen LogP contribution in [0, 0.1) is 5.92 Å². The molecule has 0 saturated carbocycles. The number of hydrogen-bond acceptors (Lipinski definition) is 7. The van der Waals surface area contributed by atoms with E-state index in [-0.39, 0.29) is 24.0 Å². The SMILES string of the molecule is CCOc1cc(/C=C2\SC(=O)N(CC(=O)N3CCC(C)CC3)C2=O)ccc1OCC(N)=O. The number of hydrogen-bond donors (Lipinski definition) is 1. The molecule has 10 heteroatoms. The number of primary amides is 1. The molecule has 0 atom stereocenters. The summed E-state index contributed by atoms with van der Waals surface area (Å²) in [6.07, 6.45) is 3.42. The van der Waals surface area contributed by atoms with Gasteiger partial charge in [0.05, 0.1) is 11.5 Å². The van der Waals surface area contributed by atoms with Crippen LogP contribution in [0.15, 0.2) is 23.1 Å². The normalized spacial score (nSPS) is 18.4. The largest absolute Gasteiger partial charge is 0.490 e. The molecule has 0 unspecified atom stereocenters. The molecule has 9 nitrogen and oxygen atoms in total. The third kappa shape index (κ3) is 5.82. The highest BCUT2D eigenvalue weighted by atomic mass is 32.2. The van der Waals surface area contributed by atoms with E-state index >= 15 is 0 Å². The van der Waals surface area contributed by atoms with Crippen molar-refractivity contribution in [3.63, 3.8) is 0 Å². The zero-order valence-electron chi connectivity index (χ0n) is 18.2. The van der Waals surface area contributed by atoms with Crippen LogP contribution in [0.3, 0.4) is 0 Å². The van der Waals surface area contributed by atoms with Gasteiger partial charge in [-0.15, -0.1) is 0 Å². The van der Waals surface area contributed by atoms with E-state index in [1.807, 2.05) is 0 Å². The van der Waals surface area contributed by atoms with Crippen LogP contribution in [0.5, 0.6) is 11.5 Å². The smallest absolute Gasteiger partial charge is 0.294 e. The fourth-order valence-corrected chi connectivity index (χ4v) is 4.27. The van der Waals surface area contributed by atoms with Crippen molar-refractivity contribution >= 4 is 40.8 Å². The van der Waals surface area contributed by atoms with Crippen LogP contribution >= 0.6 is 11.8 Å². The molecule has 2 aliphatic heterocycles. The summed E-state index contributed by atoms with van der Waals surface area (Å²) in [7, 11) is 0. The highest BCUT2D eigenvalue weighted by Crippen LogP contribution is 2.34. The summed E-state index contributed by atoms with van der Waals surface area (Å²) < 4.78 is 10.9. The molecular formula is C22H27N3O6S. The summed E-state index contributed by atoms with van der Waals surface area (Å²) >= 11 is 0.798. The summed E-state index contributed by atoms with van der Waals surface area (Å²) in [4.78, 5) is 51.6. The molecule has 2 heterocycles. The minimum Gasteiger partial charge on any atom is -0.490 e. The summed E-state index contributed by atoms with van der Waals surface area (Å²) in [5.41, 5.74) is 5.73. The number of piperidine rings is 1. The van der Waals surface area contributed by atoms with Crippen molar-refractivity contribution in [2.75, 3.05) is 32.8 Å². The molecule has 172 valence electrons. The van der Waals surface area contributed by atoms with Crippen molar-refractivity contribution in [3.05, 3.63) is 28.7 Å². The van der Waals surface area contributed by atoms with Crippen molar-refractivity contribution in [2.24, 2.45) is 11.7 Å². The van der Waals surface area contributed by atoms with Gasteiger partial charge in [-0.3, -0.25) is 24.1 Å². The second kappa shape index (κ2) is 10.5. The Balaban J connectivity index is 1.71. The number of rotatable bonds is 8. The van der Waals surface area contributed by atoms with Crippen molar-refractivity contribution < 1.29 is 28.7 Å². The van der Waals surface area contributed by atoms with Gasteiger partial charge >= 0.3 is 0 Å². The number of thioether (sulfide) groups is 1. The first-order valence-electron chi connectivity index (χ1n) is 10.5. The number of imide groups is 1. The topological polar surface area (TPSA) is 119 Å². The zero-order chi connectivity index (χ0) is 23.3. The molecule has 2 saturated heterocycles. The molecule has 0 aliphatic carbocycles. The Kier molecular flexibility index (Phi) is 7.79. The van der Waals surface area contributed by atoms with E-state index in [2.05, 4.69) is 6.92 Å². The van der Waals surface area contributed by atoms with E-state index < -0.39 is 17.1 Å². The number of likely N-dealkylation sites (tertiary alicyclic amines) is 1. The lowest BCUT2D eigenvalue weighted by atomic mass is 9.99. The number of nitrogens with two attached hydrogens (primary N) is 1. The minimum atomic E-state index is -0.612. The van der Waals surface area contributed by atoms with Gasteiger partial charge in [-0.25, -0.2) is 0 Å². The van der Waals surface area contributed by atoms with E-state index in [1.54, 1.807) is 36.1 Å². The Morgan fingerprint density at radius 1 is 1.19 bits per heavy atom. The maximum absolute atomic E-state index is 12.8. The first-order valence-corrected chi connectivity index (χ1v) is 11.3. The van der Waals surface area contributed by atoms with Crippen LogP contribution in [0.4, 0.5) is 4.79 Å². The number of amides is 4. The molecule has 0 bridgehead atoms. The fourth-order valence-electron chi connectivity index (χ4n) is 3.43. The minimum absolute atomic E-state index is 0.213. The van der Waals surface area contributed by atoms with E-state index in [4.69, 9.17) is 15.2 Å². The second-order valence-corrected chi connectivity index (χ2v) is 8.72. The summed E-state index contributed by atoms with van der Waals surface area (Å²) in [5, 5.41) is -0.466. The van der Waals surface area contributed by atoms with Crippen LogP contribution < -0.4 is 15.2 Å². The van der Waals surface area contributed by atoms with E-state index in [1.165, 1.54) is 0 Å². The lowest BCUT2D eigenvalue weighted by Crippen LogP contribution is -2.45. The average molecular weight is 462 g/mol. The molecule has 0 radical (unpaired) electrons. The molecule has 4 amide bonds. The first-order chi connectivity index (χ1) is 15.3. The molecule has 32 heavy (non-hydrogen) atoms. The van der Waals surface area contributed by atoms with Gasteiger partial charge in [0.25, 0.3) is 17.1 Å². The first kappa shape index (κ1) is 23.6. The lowest BCUT2D eigenvalue weighted by Gasteiger charge is -2.31. The number of carbonyl (C=O) groups excluding carboxylic acids is 4.